The third-order valence-electron chi connectivity index (χ3n) is 3.68. The zero-order valence-electron chi connectivity index (χ0n) is 12.8. The summed E-state index contributed by atoms with van der Waals surface area (Å²) in [4.78, 5) is 14.3. The van der Waals surface area contributed by atoms with Crippen LogP contribution in [-0.4, -0.2) is 37.0 Å². The van der Waals surface area contributed by atoms with Crippen LogP contribution in [0.15, 0.2) is 45.3 Å². The second-order valence-corrected chi connectivity index (χ2v) is 6.32. The minimum absolute atomic E-state index is 0.0533. The number of nitrogens with one attached hydrogen (secondary N) is 1. The number of rotatable bonds is 4. The van der Waals surface area contributed by atoms with Crippen molar-refractivity contribution in [2.75, 3.05) is 26.2 Å². The molecule has 1 saturated heterocycles. The third kappa shape index (κ3) is 4.36. The Morgan fingerprint density at radius 2 is 2.17 bits per heavy atom. The Balaban J connectivity index is 1.60. The number of amides is 1. The van der Waals surface area contributed by atoms with Crippen LogP contribution in [0.2, 0.25) is 0 Å². The molecule has 1 N–H and O–H groups in total. The molecule has 1 fully saturated rings. The van der Waals surface area contributed by atoms with Gasteiger partial charge in [-0.05, 0) is 43.3 Å². The van der Waals surface area contributed by atoms with Crippen LogP contribution < -0.4 is 10.1 Å². The summed E-state index contributed by atoms with van der Waals surface area (Å²) in [5.41, 5.74) is 0. The van der Waals surface area contributed by atoms with Gasteiger partial charge in [-0.25, -0.2) is 0 Å². The monoisotopic (exact) mass is 378 g/mol. The van der Waals surface area contributed by atoms with E-state index in [1.807, 2.05) is 29.2 Å². The minimum Gasteiger partial charge on any atom is -0.486 e. The van der Waals surface area contributed by atoms with Gasteiger partial charge in [0.05, 0.1) is 0 Å². The summed E-state index contributed by atoms with van der Waals surface area (Å²) < 4.78 is 12.3. The van der Waals surface area contributed by atoms with Gasteiger partial charge < -0.3 is 19.4 Å². The van der Waals surface area contributed by atoms with Crippen molar-refractivity contribution in [1.29, 1.82) is 0 Å². The van der Waals surface area contributed by atoms with Gasteiger partial charge in [-0.3, -0.25) is 4.79 Å². The van der Waals surface area contributed by atoms with E-state index < -0.39 is 0 Å². The summed E-state index contributed by atoms with van der Waals surface area (Å²) in [6.45, 7) is 3.55. The third-order valence-corrected chi connectivity index (χ3v) is 4.17. The van der Waals surface area contributed by atoms with Crippen LogP contribution in [0, 0.1) is 0 Å². The zero-order chi connectivity index (χ0) is 16.1. The maximum Gasteiger partial charge on any atom is 0.289 e. The average Bonchev–Trinajstić information content (AvgIpc) is 2.86. The molecule has 1 aliphatic heterocycles. The van der Waals surface area contributed by atoms with Crippen LogP contribution in [0.25, 0.3) is 0 Å². The van der Waals surface area contributed by atoms with E-state index in [0.29, 0.717) is 24.7 Å². The Morgan fingerprint density at radius 3 is 3.04 bits per heavy atom. The lowest BCUT2D eigenvalue weighted by Gasteiger charge is -2.18. The lowest BCUT2D eigenvalue weighted by atomic mass is 10.3. The average molecular weight is 379 g/mol. The molecule has 122 valence electrons. The Labute approximate surface area is 143 Å². The van der Waals surface area contributed by atoms with E-state index in [2.05, 4.69) is 21.2 Å². The van der Waals surface area contributed by atoms with Crippen molar-refractivity contribution in [2.45, 2.75) is 13.0 Å². The van der Waals surface area contributed by atoms with Gasteiger partial charge in [0, 0.05) is 24.1 Å². The largest absolute Gasteiger partial charge is 0.486 e. The van der Waals surface area contributed by atoms with Gasteiger partial charge in [-0.2, -0.15) is 0 Å². The molecule has 0 atom stereocenters. The molecule has 1 aliphatic rings. The molecule has 2 heterocycles. The zero-order valence-corrected chi connectivity index (χ0v) is 14.3. The molecule has 6 heteroatoms. The number of halogens is 1. The molecule has 1 aromatic heterocycles. The Morgan fingerprint density at radius 1 is 1.26 bits per heavy atom. The predicted octanol–water partition coefficient (Wildman–Crippen LogP) is 3.06. The minimum atomic E-state index is -0.0533. The normalized spacial score (nSPS) is 15.3. The van der Waals surface area contributed by atoms with Gasteiger partial charge in [0.25, 0.3) is 5.91 Å². The van der Waals surface area contributed by atoms with Crippen molar-refractivity contribution in [3.63, 3.8) is 0 Å². The van der Waals surface area contributed by atoms with E-state index in [9.17, 15) is 4.79 Å². The van der Waals surface area contributed by atoms with Crippen LogP contribution >= 0.6 is 15.9 Å². The molecule has 3 rings (SSSR count). The molecular weight excluding hydrogens is 360 g/mol. The fraction of sp³-hybridized carbons (Fsp3) is 0.353. The van der Waals surface area contributed by atoms with Crippen LogP contribution in [0.3, 0.4) is 0 Å². The SMILES string of the molecule is O=C(c1ccc(COc2cccc(Br)c2)o1)N1CCCNCC1. The molecular formula is C17H19BrN2O3. The first kappa shape index (κ1) is 16.1. The Bertz CT molecular complexity index is 663. The quantitative estimate of drug-likeness (QED) is 0.887. The molecule has 0 bridgehead atoms. The molecule has 0 unspecified atom stereocenters. The van der Waals surface area contributed by atoms with Crippen LogP contribution in [0.4, 0.5) is 0 Å². The number of nitrogens with zero attached hydrogens (tertiary/aromatic N) is 1. The van der Waals surface area contributed by atoms with E-state index >= 15 is 0 Å². The number of furan rings is 1. The van der Waals surface area contributed by atoms with Gasteiger partial charge in [0.15, 0.2) is 5.76 Å². The second kappa shape index (κ2) is 7.66. The van der Waals surface area contributed by atoms with Crippen molar-refractivity contribution < 1.29 is 13.9 Å². The molecule has 1 amide bonds. The topological polar surface area (TPSA) is 54.7 Å². The van der Waals surface area contributed by atoms with E-state index in [0.717, 1.165) is 36.3 Å². The summed E-state index contributed by atoms with van der Waals surface area (Å²) in [5.74, 6) is 1.71. The summed E-state index contributed by atoms with van der Waals surface area (Å²) in [5, 5.41) is 3.28. The number of hydrogen-bond acceptors (Lipinski definition) is 4. The first-order valence-electron chi connectivity index (χ1n) is 7.69. The van der Waals surface area contributed by atoms with E-state index in [1.165, 1.54) is 0 Å². The predicted molar refractivity (Wildman–Crippen MR) is 90.6 cm³/mol. The fourth-order valence-electron chi connectivity index (χ4n) is 2.49. The second-order valence-electron chi connectivity index (χ2n) is 5.41. The van der Waals surface area contributed by atoms with Crippen molar-refractivity contribution in [3.05, 3.63) is 52.4 Å². The molecule has 23 heavy (non-hydrogen) atoms. The molecule has 0 radical (unpaired) electrons. The van der Waals surface area contributed by atoms with E-state index in [-0.39, 0.29) is 5.91 Å². The summed E-state index contributed by atoms with van der Waals surface area (Å²) in [7, 11) is 0. The van der Waals surface area contributed by atoms with Crippen molar-refractivity contribution in [1.82, 2.24) is 10.2 Å². The highest BCUT2D eigenvalue weighted by Crippen LogP contribution is 2.20. The number of benzene rings is 1. The number of hydrogen-bond donors (Lipinski definition) is 1. The maximum atomic E-state index is 12.4. The number of ether oxygens (including phenoxy) is 1. The van der Waals surface area contributed by atoms with E-state index in [1.54, 1.807) is 12.1 Å². The highest BCUT2D eigenvalue weighted by Gasteiger charge is 2.20. The first-order chi connectivity index (χ1) is 11.2. The standard InChI is InChI=1S/C17H19BrN2O3/c18-13-3-1-4-14(11-13)22-12-15-5-6-16(23-15)17(21)20-9-2-7-19-8-10-20/h1,3-6,11,19H,2,7-10,12H2. The van der Waals surface area contributed by atoms with E-state index in [4.69, 9.17) is 9.15 Å². The van der Waals surface area contributed by atoms with Crippen LogP contribution in [0.5, 0.6) is 5.75 Å². The smallest absolute Gasteiger partial charge is 0.289 e. The van der Waals surface area contributed by atoms with Crippen LogP contribution in [0.1, 0.15) is 22.7 Å². The van der Waals surface area contributed by atoms with Gasteiger partial charge in [0.1, 0.15) is 18.1 Å². The van der Waals surface area contributed by atoms with Crippen molar-refractivity contribution >= 4 is 21.8 Å². The van der Waals surface area contributed by atoms with Gasteiger partial charge >= 0.3 is 0 Å². The molecule has 0 spiro atoms. The van der Waals surface area contributed by atoms with Gasteiger partial charge in [-0.1, -0.05) is 22.0 Å². The van der Waals surface area contributed by atoms with Gasteiger partial charge in [-0.15, -0.1) is 0 Å². The maximum absolute atomic E-state index is 12.4. The first-order valence-corrected chi connectivity index (χ1v) is 8.49. The lowest BCUT2D eigenvalue weighted by molar-refractivity contribution is 0.0730. The number of carbonyl (C=O) groups is 1. The van der Waals surface area contributed by atoms with Crippen molar-refractivity contribution in [3.8, 4) is 5.75 Å². The van der Waals surface area contributed by atoms with Crippen LogP contribution in [-0.2, 0) is 6.61 Å². The highest BCUT2D eigenvalue weighted by molar-refractivity contribution is 9.10. The molecule has 0 saturated carbocycles. The Kier molecular flexibility index (Phi) is 5.35. The number of carbonyl (C=O) groups excluding carboxylic acids is 1. The fourth-order valence-corrected chi connectivity index (χ4v) is 2.86. The highest BCUT2D eigenvalue weighted by atomic mass is 79.9. The lowest BCUT2D eigenvalue weighted by Crippen LogP contribution is -2.33. The van der Waals surface area contributed by atoms with Crippen molar-refractivity contribution in [2.24, 2.45) is 0 Å². The Hall–Kier alpha value is -1.79. The molecule has 0 aliphatic carbocycles. The summed E-state index contributed by atoms with van der Waals surface area (Å²) in [6, 6.07) is 11.1. The summed E-state index contributed by atoms with van der Waals surface area (Å²) in [6.07, 6.45) is 0.964. The molecule has 5 nitrogen and oxygen atoms in total. The molecule has 1 aromatic carbocycles. The molecule has 2 aromatic rings. The van der Waals surface area contributed by atoms with Gasteiger partial charge in [0.2, 0.25) is 0 Å². The summed E-state index contributed by atoms with van der Waals surface area (Å²) >= 11 is 3.40.